The minimum absolute atomic E-state index is 0.0230. The van der Waals surface area contributed by atoms with E-state index in [2.05, 4.69) is 9.88 Å². The zero-order chi connectivity index (χ0) is 23.5. The maximum Gasteiger partial charge on any atom is 0.258 e. The van der Waals surface area contributed by atoms with Crippen LogP contribution < -0.4 is 9.80 Å². The first-order valence-electron chi connectivity index (χ1n) is 11.3. The van der Waals surface area contributed by atoms with Crippen molar-refractivity contribution >= 4 is 34.1 Å². The summed E-state index contributed by atoms with van der Waals surface area (Å²) in [5.41, 5.74) is 3.13. The van der Waals surface area contributed by atoms with Crippen LogP contribution in [-0.2, 0) is 4.79 Å². The Morgan fingerprint density at radius 2 is 1.62 bits per heavy atom. The van der Waals surface area contributed by atoms with E-state index in [1.165, 1.54) is 0 Å². The van der Waals surface area contributed by atoms with Crippen LogP contribution in [0.4, 0.5) is 11.4 Å². The average molecular weight is 455 g/mol. The van der Waals surface area contributed by atoms with Crippen LogP contribution in [0.25, 0.3) is 10.9 Å². The number of rotatable bonds is 5. The van der Waals surface area contributed by atoms with Gasteiger partial charge in [-0.15, -0.1) is 0 Å². The number of H-pyrrole nitrogens is 1. The zero-order valence-electron chi connectivity index (χ0n) is 18.7. The van der Waals surface area contributed by atoms with Gasteiger partial charge in [-0.05, 0) is 60.0 Å². The second kappa shape index (κ2) is 9.31. The molecule has 0 aliphatic carbocycles. The number of hydrogen-bond donors (Lipinski definition) is 2. The summed E-state index contributed by atoms with van der Waals surface area (Å²) in [6.07, 6.45) is 1.84. The summed E-state index contributed by atoms with van der Waals surface area (Å²) in [7, 11) is 0. The first-order chi connectivity index (χ1) is 16.6. The Labute approximate surface area is 197 Å². The van der Waals surface area contributed by atoms with E-state index in [1.54, 1.807) is 23.1 Å². The van der Waals surface area contributed by atoms with Crippen LogP contribution >= 0.6 is 0 Å². The van der Waals surface area contributed by atoms with Gasteiger partial charge >= 0.3 is 0 Å². The van der Waals surface area contributed by atoms with Crippen molar-refractivity contribution in [1.29, 1.82) is 0 Å². The third kappa shape index (κ3) is 4.45. The van der Waals surface area contributed by atoms with Crippen molar-refractivity contribution in [1.82, 2.24) is 9.88 Å². The molecule has 1 fully saturated rings. The van der Waals surface area contributed by atoms with E-state index >= 15 is 0 Å². The third-order valence-corrected chi connectivity index (χ3v) is 6.26. The number of aromatic amines is 1. The largest absolute Gasteiger partial charge is 0.508 e. The van der Waals surface area contributed by atoms with Crippen LogP contribution in [0.1, 0.15) is 10.4 Å². The molecule has 0 radical (unpaired) electrons. The molecule has 1 aromatic heterocycles. The first kappa shape index (κ1) is 21.6. The van der Waals surface area contributed by atoms with Crippen LogP contribution in [0, 0.1) is 0 Å². The summed E-state index contributed by atoms with van der Waals surface area (Å²) in [6.45, 7) is 2.51. The maximum atomic E-state index is 13.5. The number of piperazine rings is 1. The number of aromatic nitrogens is 1. The number of aromatic hydroxyl groups is 1. The summed E-state index contributed by atoms with van der Waals surface area (Å²) in [4.78, 5) is 35.5. The predicted molar refractivity (Wildman–Crippen MR) is 133 cm³/mol. The number of fused-ring (bicyclic) bond motifs is 1. The molecule has 7 heteroatoms. The average Bonchev–Trinajstić information content (AvgIpc) is 3.36. The van der Waals surface area contributed by atoms with Gasteiger partial charge < -0.3 is 19.9 Å². The van der Waals surface area contributed by atoms with E-state index in [-0.39, 0.29) is 24.1 Å². The fourth-order valence-electron chi connectivity index (χ4n) is 4.34. The number of carbonyl (C=O) groups is 2. The molecule has 3 aromatic carbocycles. The maximum absolute atomic E-state index is 13.5. The molecule has 0 bridgehead atoms. The summed E-state index contributed by atoms with van der Waals surface area (Å²) in [5, 5.41) is 10.5. The SMILES string of the molecule is O=C(CN(C(=O)c1ccc2cc[nH]c2c1)c1ccccc1)N1CCN(c2ccc(O)cc2)CC1. The van der Waals surface area contributed by atoms with Crippen molar-refractivity contribution < 1.29 is 14.7 Å². The Hall–Kier alpha value is -4.26. The number of nitrogens with zero attached hydrogens (tertiary/aromatic N) is 3. The van der Waals surface area contributed by atoms with Crippen molar-refractivity contribution in [3.8, 4) is 5.75 Å². The number of carbonyl (C=O) groups excluding carboxylic acids is 2. The Kier molecular flexibility index (Phi) is 5.91. The van der Waals surface area contributed by atoms with Crippen LogP contribution in [0.15, 0.2) is 85.1 Å². The number of phenols is 1. The lowest BCUT2D eigenvalue weighted by Crippen LogP contribution is -2.52. The number of nitrogens with one attached hydrogen (secondary N) is 1. The van der Waals surface area contributed by atoms with Crippen LogP contribution in [0.3, 0.4) is 0 Å². The molecule has 1 saturated heterocycles. The number of hydrogen-bond acceptors (Lipinski definition) is 4. The molecule has 5 rings (SSSR count). The van der Waals surface area contributed by atoms with E-state index < -0.39 is 0 Å². The molecule has 7 nitrogen and oxygen atoms in total. The molecule has 1 aliphatic rings. The predicted octanol–water partition coefficient (Wildman–Crippen LogP) is 3.87. The van der Waals surface area contributed by atoms with Gasteiger partial charge in [0.25, 0.3) is 5.91 Å². The minimum atomic E-state index is -0.209. The molecule has 2 N–H and O–H groups in total. The van der Waals surface area contributed by atoms with Crippen molar-refractivity contribution in [2.24, 2.45) is 0 Å². The zero-order valence-corrected chi connectivity index (χ0v) is 18.7. The van der Waals surface area contributed by atoms with E-state index in [4.69, 9.17) is 0 Å². The smallest absolute Gasteiger partial charge is 0.258 e. The molecular weight excluding hydrogens is 428 g/mol. The molecule has 2 heterocycles. The summed E-state index contributed by atoms with van der Waals surface area (Å²) >= 11 is 0. The van der Waals surface area contributed by atoms with Crippen molar-refractivity contribution in [3.63, 3.8) is 0 Å². The number of para-hydroxylation sites is 1. The van der Waals surface area contributed by atoms with Crippen LogP contribution in [0.2, 0.25) is 0 Å². The molecule has 34 heavy (non-hydrogen) atoms. The van der Waals surface area contributed by atoms with Gasteiger partial charge in [-0.1, -0.05) is 24.3 Å². The molecule has 1 aliphatic heterocycles. The Morgan fingerprint density at radius 1 is 0.882 bits per heavy atom. The second-order valence-corrected chi connectivity index (χ2v) is 8.39. The standard InChI is InChI=1S/C27H26N4O3/c32-24-10-8-22(9-11-24)29-14-16-30(17-15-29)26(33)19-31(23-4-2-1-3-5-23)27(34)21-7-6-20-12-13-28-25(20)18-21/h1-13,18,28,32H,14-17,19H2. The molecule has 0 unspecified atom stereocenters. The quantitative estimate of drug-likeness (QED) is 0.480. The molecule has 0 atom stereocenters. The van der Waals surface area contributed by atoms with Crippen LogP contribution in [0.5, 0.6) is 5.75 Å². The Morgan fingerprint density at radius 3 is 2.35 bits per heavy atom. The number of phenolic OH excluding ortho intramolecular Hbond substituents is 1. The highest BCUT2D eigenvalue weighted by molar-refractivity contribution is 6.10. The van der Waals surface area contributed by atoms with Gasteiger partial charge in [0, 0.05) is 54.8 Å². The van der Waals surface area contributed by atoms with Gasteiger partial charge in [0.2, 0.25) is 5.91 Å². The molecule has 0 saturated carbocycles. The summed E-state index contributed by atoms with van der Waals surface area (Å²) < 4.78 is 0. The second-order valence-electron chi connectivity index (χ2n) is 8.39. The lowest BCUT2D eigenvalue weighted by atomic mass is 10.1. The molecular formula is C27H26N4O3. The van der Waals surface area contributed by atoms with E-state index in [9.17, 15) is 14.7 Å². The van der Waals surface area contributed by atoms with Crippen LogP contribution in [-0.4, -0.2) is 59.5 Å². The molecule has 4 aromatic rings. The Balaban J connectivity index is 1.31. The summed E-state index contributed by atoms with van der Waals surface area (Å²) in [6, 6.07) is 23.9. The fourth-order valence-corrected chi connectivity index (χ4v) is 4.34. The van der Waals surface area contributed by atoms with E-state index in [0.717, 1.165) is 16.6 Å². The highest BCUT2D eigenvalue weighted by Gasteiger charge is 2.26. The Bertz CT molecular complexity index is 1290. The van der Waals surface area contributed by atoms with Gasteiger partial charge in [-0.25, -0.2) is 0 Å². The molecule has 2 amide bonds. The topological polar surface area (TPSA) is 79.9 Å². The van der Waals surface area contributed by atoms with Crippen molar-refractivity contribution in [3.05, 3.63) is 90.6 Å². The number of anilines is 2. The van der Waals surface area contributed by atoms with Gasteiger partial charge in [0.1, 0.15) is 12.3 Å². The normalized spacial score (nSPS) is 13.8. The van der Waals surface area contributed by atoms with Gasteiger partial charge in [0.15, 0.2) is 0 Å². The lowest BCUT2D eigenvalue weighted by molar-refractivity contribution is -0.129. The molecule has 172 valence electrons. The van der Waals surface area contributed by atoms with Gasteiger partial charge in [0.05, 0.1) is 0 Å². The van der Waals surface area contributed by atoms with E-state index in [0.29, 0.717) is 37.4 Å². The first-order valence-corrected chi connectivity index (χ1v) is 11.3. The highest BCUT2D eigenvalue weighted by atomic mass is 16.3. The number of benzene rings is 3. The third-order valence-electron chi connectivity index (χ3n) is 6.26. The summed E-state index contributed by atoms with van der Waals surface area (Å²) in [5.74, 6) is -0.0547. The lowest BCUT2D eigenvalue weighted by Gasteiger charge is -2.37. The van der Waals surface area contributed by atoms with Crippen molar-refractivity contribution in [2.45, 2.75) is 0 Å². The van der Waals surface area contributed by atoms with Gasteiger partial charge in [-0.2, -0.15) is 0 Å². The van der Waals surface area contributed by atoms with Crippen molar-refractivity contribution in [2.75, 3.05) is 42.5 Å². The fraction of sp³-hybridized carbons (Fsp3) is 0.185. The minimum Gasteiger partial charge on any atom is -0.508 e. The number of amides is 2. The van der Waals surface area contributed by atoms with Gasteiger partial charge in [-0.3, -0.25) is 14.5 Å². The monoisotopic (exact) mass is 454 g/mol. The highest BCUT2D eigenvalue weighted by Crippen LogP contribution is 2.22. The molecule has 0 spiro atoms. The van der Waals surface area contributed by atoms with E-state index in [1.807, 2.05) is 71.8 Å².